The van der Waals surface area contributed by atoms with E-state index in [0.29, 0.717) is 0 Å². The van der Waals surface area contributed by atoms with Gasteiger partial charge in [-0.3, -0.25) is 0 Å². The second-order valence-electron chi connectivity index (χ2n) is 3.78. The van der Waals surface area contributed by atoms with Crippen LogP contribution in [0, 0.1) is 5.82 Å². The smallest absolute Gasteiger partial charge is 0.267 e. The number of nitrogens with two attached hydrogens (primary N) is 1. The number of rotatable bonds is 3. The molecule has 2 rings (SSSR count). The van der Waals surface area contributed by atoms with Crippen molar-refractivity contribution in [3.8, 4) is 11.5 Å². The van der Waals surface area contributed by atoms with Crippen LogP contribution in [0.25, 0.3) is 0 Å². The zero-order chi connectivity index (χ0) is 14.0. The van der Waals surface area contributed by atoms with Crippen LogP contribution >= 0.6 is 11.6 Å². The summed E-state index contributed by atoms with van der Waals surface area (Å²) in [4.78, 5) is 0. The third-order valence-corrected chi connectivity index (χ3v) is 2.68. The highest BCUT2D eigenvalue weighted by atomic mass is 35.5. The van der Waals surface area contributed by atoms with Gasteiger partial charge < -0.3 is 10.5 Å². The summed E-state index contributed by atoms with van der Waals surface area (Å²) in [5, 5.41) is -0.147. The van der Waals surface area contributed by atoms with Crippen LogP contribution in [0.1, 0.15) is 12.0 Å². The molecule has 0 aromatic heterocycles. The Balaban J connectivity index is 2.35. The Bertz CT molecular complexity index is 604. The summed E-state index contributed by atoms with van der Waals surface area (Å²) in [5.41, 5.74) is 5.32. The molecule has 0 saturated carbocycles. The fourth-order valence-corrected chi connectivity index (χ4v) is 1.67. The third-order valence-electron chi connectivity index (χ3n) is 2.39. The molecule has 0 amide bonds. The van der Waals surface area contributed by atoms with Crippen molar-refractivity contribution in [2.45, 2.75) is 6.43 Å². The highest BCUT2D eigenvalue weighted by Crippen LogP contribution is 2.34. The lowest BCUT2D eigenvalue weighted by Crippen LogP contribution is -1.95. The predicted octanol–water partition coefficient (Wildman–Crippen LogP) is 4.79. The van der Waals surface area contributed by atoms with Crippen LogP contribution in [0.5, 0.6) is 11.5 Å². The minimum atomic E-state index is -2.73. The van der Waals surface area contributed by atoms with Crippen molar-refractivity contribution in [1.29, 1.82) is 0 Å². The second kappa shape index (κ2) is 5.40. The van der Waals surface area contributed by atoms with Crippen LogP contribution in [-0.2, 0) is 0 Å². The van der Waals surface area contributed by atoms with Crippen molar-refractivity contribution in [2.24, 2.45) is 0 Å². The zero-order valence-corrected chi connectivity index (χ0v) is 10.3. The molecule has 0 aliphatic carbocycles. The molecule has 2 nitrogen and oxygen atoms in total. The van der Waals surface area contributed by atoms with E-state index in [1.54, 1.807) is 0 Å². The fraction of sp³-hybridized carbons (Fsp3) is 0.0769. The van der Waals surface area contributed by atoms with Gasteiger partial charge in [0.05, 0.1) is 10.6 Å². The van der Waals surface area contributed by atoms with E-state index in [0.717, 1.165) is 12.1 Å². The van der Waals surface area contributed by atoms with Crippen molar-refractivity contribution >= 4 is 17.3 Å². The minimum Gasteiger partial charge on any atom is -0.457 e. The lowest BCUT2D eigenvalue weighted by Gasteiger charge is -2.11. The van der Waals surface area contributed by atoms with E-state index in [9.17, 15) is 13.2 Å². The van der Waals surface area contributed by atoms with Gasteiger partial charge in [-0.1, -0.05) is 11.6 Å². The second-order valence-corrected chi connectivity index (χ2v) is 4.18. The van der Waals surface area contributed by atoms with Gasteiger partial charge in [0.25, 0.3) is 6.43 Å². The number of hydrogen-bond donors (Lipinski definition) is 1. The molecule has 0 radical (unpaired) electrons. The lowest BCUT2D eigenvalue weighted by molar-refractivity contribution is 0.148. The van der Waals surface area contributed by atoms with Crippen molar-refractivity contribution in [2.75, 3.05) is 5.73 Å². The Morgan fingerprint density at radius 1 is 1.11 bits per heavy atom. The van der Waals surface area contributed by atoms with Gasteiger partial charge in [-0.15, -0.1) is 0 Å². The number of hydrogen-bond acceptors (Lipinski definition) is 2. The largest absolute Gasteiger partial charge is 0.457 e. The maximum absolute atomic E-state index is 13.0. The van der Waals surface area contributed by atoms with E-state index in [2.05, 4.69) is 0 Å². The summed E-state index contributed by atoms with van der Waals surface area (Å²) < 4.78 is 43.9. The van der Waals surface area contributed by atoms with Crippen molar-refractivity contribution in [3.63, 3.8) is 0 Å². The first-order valence-electron chi connectivity index (χ1n) is 5.28. The molecule has 0 spiro atoms. The molecule has 2 N–H and O–H groups in total. The molecule has 6 heteroatoms. The van der Waals surface area contributed by atoms with Gasteiger partial charge in [0.15, 0.2) is 0 Å². The molecule has 19 heavy (non-hydrogen) atoms. The molecule has 0 aliphatic rings. The summed E-state index contributed by atoms with van der Waals surface area (Å²) in [6.07, 6.45) is -2.73. The Morgan fingerprint density at radius 2 is 1.84 bits per heavy atom. The van der Waals surface area contributed by atoms with Crippen molar-refractivity contribution in [1.82, 2.24) is 0 Å². The maximum Gasteiger partial charge on any atom is 0.267 e. The molecule has 0 saturated heterocycles. The van der Waals surface area contributed by atoms with Gasteiger partial charge in [0.1, 0.15) is 17.3 Å². The lowest BCUT2D eigenvalue weighted by atomic mass is 10.2. The molecule has 0 aliphatic heterocycles. The molecule has 0 unspecified atom stereocenters. The standard InChI is InChI=1S/C13H9ClF3NO/c14-10-6-8(2-3-11(10)15)19-12-4-1-7(18)5-9(12)13(16)17/h1-6,13H,18H2. The summed E-state index contributed by atoms with van der Waals surface area (Å²) in [6, 6.07) is 7.50. The Kier molecular flexibility index (Phi) is 3.85. The molecule has 2 aromatic carbocycles. The predicted molar refractivity (Wildman–Crippen MR) is 67.3 cm³/mol. The molecule has 2 aromatic rings. The Labute approximate surface area is 112 Å². The van der Waals surface area contributed by atoms with Crippen LogP contribution in [0.15, 0.2) is 36.4 Å². The van der Waals surface area contributed by atoms with E-state index < -0.39 is 12.2 Å². The number of ether oxygens (including phenoxy) is 1. The summed E-state index contributed by atoms with van der Waals surface area (Å²) >= 11 is 5.58. The highest BCUT2D eigenvalue weighted by molar-refractivity contribution is 6.30. The molecular formula is C13H9ClF3NO. The summed E-state index contributed by atoms with van der Waals surface area (Å²) in [7, 11) is 0. The number of halogens is 4. The topological polar surface area (TPSA) is 35.2 Å². The first-order valence-corrected chi connectivity index (χ1v) is 5.65. The average molecular weight is 288 g/mol. The van der Waals surface area contributed by atoms with Gasteiger partial charge in [-0.2, -0.15) is 0 Å². The molecule has 0 bridgehead atoms. The fourth-order valence-electron chi connectivity index (χ4n) is 1.50. The van der Waals surface area contributed by atoms with E-state index in [-0.39, 0.29) is 27.8 Å². The summed E-state index contributed by atoms with van der Waals surface area (Å²) in [5.74, 6) is -0.495. The summed E-state index contributed by atoms with van der Waals surface area (Å²) in [6.45, 7) is 0. The maximum atomic E-state index is 13.0. The molecule has 100 valence electrons. The number of alkyl halides is 2. The number of benzene rings is 2. The van der Waals surface area contributed by atoms with Crippen molar-refractivity contribution in [3.05, 3.63) is 52.8 Å². The zero-order valence-electron chi connectivity index (χ0n) is 9.54. The SMILES string of the molecule is Nc1ccc(Oc2ccc(F)c(Cl)c2)c(C(F)F)c1. The first kappa shape index (κ1) is 13.5. The van der Waals surface area contributed by atoms with Crippen LogP contribution in [0.3, 0.4) is 0 Å². The monoisotopic (exact) mass is 287 g/mol. The molecular weight excluding hydrogens is 279 g/mol. The van der Waals surface area contributed by atoms with Crippen LogP contribution in [0.4, 0.5) is 18.9 Å². The van der Waals surface area contributed by atoms with Gasteiger partial charge in [0.2, 0.25) is 0 Å². The van der Waals surface area contributed by atoms with Gasteiger partial charge >= 0.3 is 0 Å². The normalized spacial score (nSPS) is 10.8. The van der Waals surface area contributed by atoms with E-state index >= 15 is 0 Å². The average Bonchev–Trinajstić information content (AvgIpc) is 2.36. The van der Waals surface area contributed by atoms with E-state index in [4.69, 9.17) is 22.1 Å². The Hall–Kier alpha value is -1.88. The first-order chi connectivity index (χ1) is 8.97. The van der Waals surface area contributed by atoms with E-state index in [1.807, 2.05) is 0 Å². The quantitative estimate of drug-likeness (QED) is 0.824. The molecule has 0 fully saturated rings. The van der Waals surface area contributed by atoms with Crippen LogP contribution < -0.4 is 10.5 Å². The third kappa shape index (κ3) is 3.12. The minimum absolute atomic E-state index is 0.0492. The number of anilines is 1. The van der Waals surface area contributed by atoms with Gasteiger partial charge in [-0.25, -0.2) is 13.2 Å². The Morgan fingerprint density at radius 3 is 2.47 bits per heavy atom. The molecule has 0 atom stereocenters. The highest BCUT2D eigenvalue weighted by Gasteiger charge is 2.15. The van der Waals surface area contributed by atoms with Crippen LogP contribution in [-0.4, -0.2) is 0 Å². The van der Waals surface area contributed by atoms with E-state index in [1.165, 1.54) is 24.3 Å². The van der Waals surface area contributed by atoms with Gasteiger partial charge in [-0.05, 0) is 30.3 Å². The number of nitrogen functional groups attached to an aromatic ring is 1. The van der Waals surface area contributed by atoms with Crippen molar-refractivity contribution < 1.29 is 17.9 Å². The van der Waals surface area contributed by atoms with Gasteiger partial charge in [0, 0.05) is 11.8 Å². The molecule has 0 heterocycles. The van der Waals surface area contributed by atoms with Crippen LogP contribution in [0.2, 0.25) is 5.02 Å².